The Morgan fingerprint density at radius 3 is 2.92 bits per heavy atom. The number of rotatable bonds is 1. The van der Waals surface area contributed by atoms with E-state index >= 15 is 0 Å². The minimum absolute atomic E-state index is 0.320. The maximum Gasteiger partial charge on any atom is 0.222 e. The van der Waals surface area contributed by atoms with E-state index in [0.29, 0.717) is 24.3 Å². The van der Waals surface area contributed by atoms with Crippen LogP contribution in [0.3, 0.4) is 0 Å². The van der Waals surface area contributed by atoms with Crippen molar-refractivity contribution in [1.82, 2.24) is 10.2 Å². The van der Waals surface area contributed by atoms with Crippen molar-refractivity contribution < 1.29 is 4.79 Å². The van der Waals surface area contributed by atoms with Gasteiger partial charge in [-0.2, -0.15) is 0 Å². The van der Waals surface area contributed by atoms with Crippen molar-refractivity contribution in [3.63, 3.8) is 0 Å². The summed E-state index contributed by atoms with van der Waals surface area (Å²) in [5.41, 5.74) is 0. The molecule has 0 spiro atoms. The molecule has 74 valence electrons. The van der Waals surface area contributed by atoms with E-state index in [0.717, 1.165) is 19.6 Å². The van der Waals surface area contributed by atoms with Crippen LogP contribution in [0.4, 0.5) is 0 Å². The Bertz CT molecular complexity index is 183. The van der Waals surface area contributed by atoms with Gasteiger partial charge in [-0.25, -0.2) is 0 Å². The van der Waals surface area contributed by atoms with Crippen molar-refractivity contribution in [2.75, 3.05) is 19.6 Å². The quantitative estimate of drug-likeness (QED) is 0.644. The van der Waals surface area contributed by atoms with E-state index in [-0.39, 0.29) is 0 Å². The Morgan fingerprint density at radius 1 is 1.46 bits per heavy atom. The number of piperidine rings is 1. The number of amides is 1. The molecular formula is C10H18N2O. The molecule has 2 bridgehead atoms. The zero-order valence-electron chi connectivity index (χ0n) is 8.25. The summed E-state index contributed by atoms with van der Waals surface area (Å²) in [6.45, 7) is 4.97. The monoisotopic (exact) mass is 182 g/mol. The molecule has 2 unspecified atom stereocenters. The van der Waals surface area contributed by atoms with Crippen molar-refractivity contribution in [3.8, 4) is 0 Å². The highest BCUT2D eigenvalue weighted by Gasteiger charge is 2.30. The summed E-state index contributed by atoms with van der Waals surface area (Å²) in [5, 5.41) is 3.50. The Labute approximate surface area is 79.5 Å². The van der Waals surface area contributed by atoms with Crippen molar-refractivity contribution in [1.29, 1.82) is 0 Å². The lowest BCUT2D eigenvalue weighted by Gasteiger charge is -2.23. The normalized spacial score (nSPS) is 33.2. The van der Waals surface area contributed by atoms with Crippen molar-refractivity contribution in [2.45, 2.75) is 32.2 Å². The smallest absolute Gasteiger partial charge is 0.222 e. The van der Waals surface area contributed by atoms with E-state index in [1.807, 2.05) is 11.8 Å². The van der Waals surface area contributed by atoms with Crippen LogP contribution in [-0.2, 0) is 4.79 Å². The lowest BCUT2D eigenvalue weighted by Crippen LogP contribution is -2.40. The number of hydrogen-bond donors (Lipinski definition) is 1. The van der Waals surface area contributed by atoms with E-state index in [1.54, 1.807) is 0 Å². The Kier molecular flexibility index (Phi) is 2.54. The Hall–Kier alpha value is -0.570. The molecule has 0 aliphatic carbocycles. The Morgan fingerprint density at radius 2 is 2.31 bits per heavy atom. The van der Waals surface area contributed by atoms with Gasteiger partial charge in [0.1, 0.15) is 0 Å². The zero-order chi connectivity index (χ0) is 9.26. The Balaban J connectivity index is 2.03. The first-order valence-electron chi connectivity index (χ1n) is 5.30. The van der Waals surface area contributed by atoms with Gasteiger partial charge < -0.3 is 10.2 Å². The van der Waals surface area contributed by atoms with Crippen LogP contribution in [0.2, 0.25) is 0 Å². The fraction of sp³-hybridized carbons (Fsp3) is 0.900. The van der Waals surface area contributed by atoms with Crippen LogP contribution in [0.15, 0.2) is 0 Å². The van der Waals surface area contributed by atoms with Gasteiger partial charge in [-0.05, 0) is 25.3 Å². The molecule has 3 aliphatic rings. The molecule has 3 saturated heterocycles. The fourth-order valence-corrected chi connectivity index (χ4v) is 2.37. The first kappa shape index (κ1) is 9.00. The van der Waals surface area contributed by atoms with Gasteiger partial charge in [-0.3, -0.25) is 4.79 Å². The van der Waals surface area contributed by atoms with Gasteiger partial charge in [0.2, 0.25) is 5.91 Å². The molecule has 3 fully saturated rings. The summed E-state index contributed by atoms with van der Waals surface area (Å²) in [6, 6.07) is 0.564. The van der Waals surface area contributed by atoms with Crippen molar-refractivity contribution in [2.24, 2.45) is 5.92 Å². The minimum atomic E-state index is 0.320. The van der Waals surface area contributed by atoms with Gasteiger partial charge in [0.05, 0.1) is 0 Å². The van der Waals surface area contributed by atoms with E-state index in [9.17, 15) is 4.79 Å². The second-order valence-corrected chi connectivity index (χ2v) is 4.20. The lowest BCUT2D eigenvalue weighted by atomic mass is 9.97. The average molecular weight is 182 g/mol. The van der Waals surface area contributed by atoms with E-state index in [4.69, 9.17) is 0 Å². The molecular weight excluding hydrogens is 164 g/mol. The minimum Gasteiger partial charge on any atom is -0.341 e. The largest absolute Gasteiger partial charge is 0.341 e. The third-order valence-corrected chi connectivity index (χ3v) is 3.19. The fourth-order valence-electron chi connectivity index (χ4n) is 2.37. The second kappa shape index (κ2) is 3.66. The highest BCUT2D eigenvalue weighted by atomic mass is 16.2. The standard InChI is InChI=1S/C10H18N2O/c1-2-10(13)12-6-8-3-4-9(7-12)11-5-8/h8-9,11H,2-7H2,1H3. The second-order valence-electron chi connectivity index (χ2n) is 4.20. The molecule has 0 radical (unpaired) electrons. The summed E-state index contributed by atoms with van der Waals surface area (Å²) in [4.78, 5) is 13.6. The predicted molar refractivity (Wildman–Crippen MR) is 51.4 cm³/mol. The molecule has 3 nitrogen and oxygen atoms in total. The molecule has 13 heavy (non-hydrogen) atoms. The molecule has 0 aromatic carbocycles. The summed E-state index contributed by atoms with van der Waals surface area (Å²) in [6.07, 6.45) is 3.20. The van der Waals surface area contributed by atoms with Crippen LogP contribution >= 0.6 is 0 Å². The summed E-state index contributed by atoms with van der Waals surface area (Å²) in [5.74, 6) is 1.02. The van der Waals surface area contributed by atoms with Gasteiger partial charge in [-0.15, -0.1) is 0 Å². The lowest BCUT2D eigenvalue weighted by molar-refractivity contribution is -0.131. The average Bonchev–Trinajstić information content (AvgIpc) is 2.49. The molecule has 0 aromatic rings. The maximum absolute atomic E-state index is 11.5. The van der Waals surface area contributed by atoms with Gasteiger partial charge in [0.15, 0.2) is 0 Å². The van der Waals surface area contributed by atoms with Gasteiger partial charge >= 0.3 is 0 Å². The molecule has 0 aromatic heterocycles. The van der Waals surface area contributed by atoms with Crippen LogP contribution in [-0.4, -0.2) is 36.5 Å². The molecule has 0 saturated carbocycles. The third-order valence-electron chi connectivity index (χ3n) is 3.19. The zero-order valence-corrected chi connectivity index (χ0v) is 8.25. The first-order valence-corrected chi connectivity index (χ1v) is 5.30. The molecule has 3 rings (SSSR count). The SMILES string of the molecule is CCC(=O)N1CC2CCC(C1)NC2. The first-order chi connectivity index (χ1) is 6.29. The summed E-state index contributed by atoms with van der Waals surface area (Å²) >= 11 is 0. The topological polar surface area (TPSA) is 32.3 Å². The van der Waals surface area contributed by atoms with Gasteiger partial charge in [0.25, 0.3) is 0 Å². The van der Waals surface area contributed by atoms with Crippen LogP contribution < -0.4 is 5.32 Å². The van der Waals surface area contributed by atoms with E-state index in [1.165, 1.54) is 12.8 Å². The van der Waals surface area contributed by atoms with E-state index in [2.05, 4.69) is 5.32 Å². The van der Waals surface area contributed by atoms with Gasteiger partial charge in [0, 0.05) is 25.6 Å². The van der Waals surface area contributed by atoms with Crippen molar-refractivity contribution in [3.05, 3.63) is 0 Å². The summed E-state index contributed by atoms with van der Waals surface area (Å²) < 4.78 is 0. The molecule has 2 atom stereocenters. The highest BCUT2D eigenvalue weighted by molar-refractivity contribution is 5.75. The van der Waals surface area contributed by atoms with Crippen molar-refractivity contribution >= 4 is 5.91 Å². The molecule has 1 amide bonds. The highest BCUT2D eigenvalue weighted by Crippen LogP contribution is 2.21. The summed E-state index contributed by atoms with van der Waals surface area (Å²) in [7, 11) is 0. The number of fused-ring (bicyclic) bond motifs is 4. The number of nitrogens with zero attached hydrogens (tertiary/aromatic N) is 1. The number of hydrogen-bond acceptors (Lipinski definition) is 2. The maximum atomic E-state index is 11.5. The molecule has 1 N–H and O–H groups in total. The van der Waals surface area contributed by atoms with Crippen LogP contribution in [0, 0.1) is 5.92 Å². The third kappa shape index (κ3) is 1.85. The van der Waals surface area contributed by atoms with E-state index < -0.39 is 0 Å². The van der Waals surface area contributed by atoms with Crippen LogP contribution in [0.25, 0.3) is 0 Å². The van der Waals surface area contributed by atoms with Crippen LogP contribution in [0.5, 0.6) is 0 Å². The predicted octanol–water partition coefficient (Wildman–Crippen LogP) is 0.607. The number of carbonyl (C=O) groups excluding carboxylic acids is 1. The molecule has 3 aliphatic heterocycles. The molecule has 3 heterocycles. The number of carbonyl (C=O) groups is 1. The van der Waals surface area contributed by atoms with Gasteiger partial charge in [-0.1, -0.05) is 6.92 Å². The van der Waals surface area contributed by atoms with Crippen LogP contribution in [0.1, 0.15) is 26.2 Å². The molecule has 3 heteroatoms. The number of nitrogens with one attached hydrogen (secondary N) is 1.